The van der Waals surface area contributed by atoms with Crippen LogP contribution in [0.1, 0.15) is 54.6 Å². The third-order valence-electron chi connectivity index (χ3n) is 6.85. The summed E-state index contributed by atoms with van der Waals surface area (Å²) in [6.45, 7) is 9.10. The van der Waals surface area contributed by atoms with Crippen LogP contribution in [0.5, 0.6) is 5.75 Å². The first kappa shape index (κ1) is 26.9. The zero-order chi connectivity index (χ0) is 27.2. The fraction of sp³-hybridized carbons (Fsp3) is 0.323. The number of ether oxygens (including phenoxy) is 2. The van der Waals surface area contributed by atoms with Crippen LogP contribution < -0.4 is 4.74 Å². The number of benzene rings is 3. The lowest BCUT2D eigenvalue weighted by Crippen LogP contribution is -2.33. The second-order valence-electron chi connectivity index (χ2n) is 9.73. The molecule has 198 valence electrons. The molecule has 7 heteroatoms. The van der Waals surface area contributed by atoms with Gasteiger partial charge in [0.15, 0.2) is 0 Å². The fourth-order valence-electron chi connectivity index (χ4n) is 4.84. The molecular formula is C31H34N2O5. The summed E-state index contributed by atoms with van der Waals surface area (Å²) in [5, 5.41) is 12.6. The Labute approximate surface area is 223 Å². The number of rotatable bonds is 11. The van der Waals surface area contributed by atoms with E-state index in [2.05, 4.69) is 30.5 Å². The number of fused-ring (bicyclic) bond motifs is 1. The van der Waals surface area contributed by atoms with Crippen molar-refractivity contribution in [1.29, 1.82) is 0 Å². The van der Waals surface area contributed by atoms with Crippen LogP contribution in [0.25, 0.3) is 10.9 Å². The Morgan fingerprint density at radius 2 is 1.71 bits per heavy atom. The molecule has 3 aromatic carbocycles. The maximum Gasteiger partial charge on any atom is 0.382 e. The molecule has 0 aliphatic carbocycles. The molecule has 1 unspecified atom stereocenters. The maximum atomic E-state index is 12.3. The number of aromatic nitrogens is 1. The predicted molar refractivity (Wildman–Crippen MR) is 148 cm³/mol. The van der Waals surface area contributed by atoms with Crippen LogP contribution >= 0.6 is 0 Å². The fourth-order valence-corrected chi connectivity index (χ4v) is 4.84. The Hall–Kier alpha value is -4.13. The zero-order valence-corrected chi connectivity index (χ0v) is 22.3. The van der Waals surface area contributed by atoms with E-state index in [9.17, 15) is 14.9 Å². The number of nitro groups is 1. The lowest BCUT2D eigenvalue weighted by Gasteiger charge is -2.17. The van der Waals surface area contributed by atoms with Gasteiger partial charge in [-0.1, -0.05) is 74.5 Å². The quantitative estimate of drug-likeness (QED) is 0.130. The molecular weight excluding hydrogens is 480 g/mol. The third kappa shape index (κ3) is 5.88. The smallest absolute Gasteiger partial charge is 0.382 e. The molecule has 0 radical (unpaired) electrons. The maximum absolute atomic E-state index is 12.3. The molecule has 4 rings (SSSR count). The van der Waals surface area contributed by atoms with Gasteiger partial charge < -0.3 is 14.0 Å². The minimum Gasteiger partial charge on any atom is -0.489 e. The lowest BCUT2D eigenvalue weighted by atomic mass is 9.99. The normalized spacial score (nSPS) is 12.0. The average molecular weight is 515 g/mol. The molecule has 0 fully saturated rings. The average Bonchev–Trinajstić information content (AvgIpc) is 3.17. The zero-order valence-electron chi connectivity index (χ0n) is 22.3. The summed E-state index contributed by atoms with van der Waals surface area (Å²) in [4.78, 5) is 23.5. The summed E-state index contributed by atoms with van der Waals surface area (Å²) in [5.41, 5.74) is 6.02. The van der Waals surface area contributed by atoms with Gasteiger partial charge in [-0.05, 0) is 54.2 Å². The number of para-hydroxylation sites is 1. The van der Waals surface area contributed by atoms with E-state index in [1.54, 1.807) is 6.92 Å². The molecule has 0 saturated heterocycles. The molecule has 38 heavy (non-hydrogen) atoms. The lowest BCUT2D eigenvalue weighted by molar-refractivity contribution is -0.510. The van der Waals surface area contributed by atoms with Crippen LogP contribution in [0.15, 0.2) is 72.8 Å². The van der Waals surface area contributed by atoms with Crippen molar-refractivity contribution in [2.24, 2.45) is 0 Å². The van der Waals surface area contributed by atoms with Gasteiger partial charge in [-0.2, -0.15) is 0 Å². The highest BCUT2D eigenvalue weighted by Gasteiger charge is 2.33. The van der Waals surface area contributed by atoms with Gasteiger partial charge in [-0.15, -0.1) is 0 Å². The van der Waals surface area contributed by atoms with Crippen LogP contribution in [0, 0.1) is 17.0 Å². The summed E-state index contributed by atoms with van der Waals surface area (Å²) in [7, 11) is 0. The van der Waals surface area contributed by atoms with Crippen molar-refractivity contribution in [3.8, 4) is 5.75 Å². The Morgan fingerprint density at radius 3 is 2.39 bits per heavy atom. The van der Waals surface area contributed by atoms with Crippen molar-refractivity contribution in [2.45, 2.75) is 59.2 Å². The highest BCUT2D eigenvalue weighted by molar-refractivity contribution is 5.86. The van der Waals surface area contributed by atoms with E-state index in [1.165, 1.54) is 0 Å². The Morgan fingerprint density at radius 1 is 1.00 bits per heavy atom. The van der Waals surface area contributed by atoms with Gasteiger partial charge in [-0.25, -0.2) is 4.79 Å². The number of esters is 1. The van der Waals surface area contributed by atoms with Gasteiger partial charge >= 0.3 is 12.0 Å². The SMILES string of the molecule is CCOC(=O)C(Cc1c(C)n(Cc2ccc(OCc3ccccc3)c(C(C)C)c2)c2ccccc12)[N+](=O)[O-]. The van der Waals surface area contributed by atoms with Gasteiger partial charge in [0.2, 0.25) is 0 Å². The molecule has 0 spiro atoms. The van der Waals surface area contributed by atoms with E-state index in [1.807, 2.05) is 67.6 Å². The van der Waals surface area contributed by atoms with Gasteiger partial charge in [0, 0.05) is 28.1 Å². The molecule has 1 atom stereocenters. The number of carbonyl (C=O) groups excluding carboxylic acids is 1. The number of carbonyl (C=O) groups is 1. The standard InChI is InChI=1S/C31H34N2O5/c1-5-37-31(34)29(33(35)36)18-27-22(4)32(28-14-10-9-13-25(27)28)19-24-15-16-30(26(17-24)21(2)3)38-20-23-11-7-6-8-12-23/h6-17,21,29H,5,18-20H2,1-4H3. The van der Waals surface area contributed by atoms with Gasteiger partial charge in [0.25, 0.3) is 0 Å². The van der Waals surface area contributed by atoms with Crippen molar-refractivity contribution >= 4 is 16.9 Å². The van der Waals surface area contributed by atoms with E-state index in [0.29, 0.717) is 13.2 Å². The first-order valence-corrected chi connectivity index (χ1v) is 13.0. The second kappa shape index (κ2) is 11.9. The number of hydrogen-bond acceptors (Lipinski definition) is 5. The molecule has 0 saturated carbocycles. The van der Waals surface area contributed by atoms with Gasteiger partial charge in [0.05, 0.1) is 13.0 Å². The Bertz CT molecular complexity index is 1430. The first-order chi connectivity index (χ1) is 18.3. The predicted octanol–water partition coefficient (Wildman–Crippen LogP) is 6.45. The van der Waals surface area contributed by atoms with Gasteiger partial charge in [-0.3, -0.25) is 10.1 Å². The first-order valence-electron chi connectivity index (χ1n) is 13.0. The van der Waals surface area contributed by atoms with Crippen LogP contribution in [-0.2, 0) is 29.1 Å². The molecule has 0 bridgehead atoms. The highest BCUT2D eigenvalue weighted by Crippen LogP contribution is 2.32. The van der Waals surface area contributed by atoms with Crippen LogP contribution in [0.2, 0.25) is 0 Å². The molecule has 0 aliphatic rings. The van der Waals surface area contributed by atoms with Crippen molar-refractivity contribution in [3.05, 3.63) is 111 Å². The summed E-state index contributed by atoms with van der Waals surface area (Å²) in [6.07, 6.45) is -0.0192. The van der Waals surface area contributed by atoms with Crippen LogP contribution in [-0.4, -0.2) is 28.1 Å². The largest absolute Gasteiger partial charge is 0.489 e. The van der Waals surface area contributed by atoms with Crippen molar-refractivity contribution in [2.75, 3.05) is 6.61 Å². The molecule has 1 heterocycles. The monoisotopic (exact) mass is 514 g/mol. The van der Waals surface area contributed by atoms with Crippen LogP contribution in [0.3, 0.4) is 0 Å². The molecule has 4 aromatic rings. The highest BCUT2D eigenvalue weighted by atomic mass is 16.6. The molecule has 0 amide bonds. The number of nitrogens with zero attached hydrogens (tertiary/aromatic N) is 2. The number of hydrogen-bond donors (Lipinski definition) is 0. The summed E-state index contributed by atoms with van der Waals surface area (Å²) in [5.74, 6) is 0.330. The van der Waals surface area contributed by atoms with E-state index in [0.717, 1.165) is 44.6 Å². The third-order valence-corrected chi connectivity index (χ3v) is 6.85. The van der Waals surface area contributed by atoms with Crippen molar-refractivity contribution in [1.82, 2.24) is 4.57 Å². The summed E-state index contributed by atoms with van der Waals surface area (Å²) < 4.78 is 13.3. The minimum atomic E-state index is -1.44. The summed E-state index contributed by atoms with van der Waals surface area (Å²) >= 11 is 0. The molecule has 0 N–H and O–H groups in total. The van der Waals surface area contributed by atoms with E-state index >= 15 is 0 Å². The molecule has 7 nitrogen and oxygen atoms in total. The van der Waals surface area contributed by atoms with E-state index < -0.39 is 16.9 Å². The molecule has 0 aliphatic heterocycles. The Kier molecular flexibility index (Phi) is 8.46. The van der Waals surface area contributed by atoms with E-state index in [-0.39, 0.29) is 18.9 Å². The minimum absolute atomic E-state index is 0.0192. The Balaban J connectivity index is 1.65. The van der Waals surface area contributed by atoms with Crippen LogP contribution in [0.4, 0.5) is 0 Å². The topological polar surface area (TPSA) is 83.6 Å². The summed E-state index contributed by atoms with van der Waals surface area (Å²) in [6, 6.07) is 22.8. The van der Waals surface area contributed by atoms with Gasteiger partial charge in [0.1, 0.15) is 12.4 Å². The second-order valence-corrected chi connectivity index (χ2v) is 9.73. The van der Waals surface area contributed by atoms with E-state index in [4.69, 9.17) is 9.47 Å². The molecule has 1 aromatic heterocycles. The van der Waals surface area contributed by atoms with Crippen molar-refractivity contribution in [3.63, 3.8) is 0 Å². The van der Waals surface area contributed by atoms with Crippen molar-refractivity contribution < 1.29 is 19.2 Å².